The van der Waals surface area contributed by atoms with Crippen LogP contribution in [0.4, 0.5) is 0 Å². The molecule has 2 heterocycles. The zero-order valence-electron chi connectivity index (χ0n) is 16.9. The lowest BCUT2D eigenvalue weighted by Gasteiger charge is -2.43. The van der Waals surface area contributed by atoms with Gasteiger partial charge in [-0.25, -0.2) is 0 Å². The Bertz CT molecular complexity index is 760. The number of aliphatic hydroxyl groups excluding tert-OH is 7. The van der Waals surface area contributed by atoms with E-state index in [9.17, 15) is 41.0 Å². The molecule has 1 aromatic carbocycles. The van der Waals surface area contributed by atoms with E-state index in [1.807, 2.05) is 6.07 Å². The quantitative estimate of drug-likeness (QED) is 0.218. The Morgan fingerprint density at radius 2 is 1.38 bits per heavy atom. The van der Waals surface area contributed by atoms with Crippen molar-refractivity contribution in [1.82, 2.24) is 0 Å². The van der Waals surface area contributed by atoms with Gasteiger partial charge in [0.1, 0.15) is 48.8 Å². The highest BCUT2D eigenvalue weighted by Gasteiger charge is 2.48. The number of aliphatic hydroxyl groups is 7. The third-order valence-corrected chi connectivity index (χ3v) is 5.43. The standard InChI is InChI=1S/C20H27NO11/c21-6-10(9-4-2-1-3-5-9)30-20-18(28)16(26)14(24)12(32-20)8-29-19-17(27)15(25)13(23)11(7-22)31-19/h1-5,10-20,22-28H,7-8H2/t10-,11+,12+,13-,14-,15-,16-,17+,18+,19+,20+/m0/s1. The summed E-state index contributed by atoms with van der Waals surface area (Å²) < 4.78 is 21.6. The van der Waals surface area contributed by atoms with Crippen molar-refractivity contribution in [3.63, 3.8) is 0 Å². The number of benzene rings is 1. The summed E-state index contributed by atoms with van der Waals surface area (Å²) in [4.78, 5) is 0. The second-order valence-corrected chi connectivity index (χ2v) is 7.60. The van der Waals surface area contributed by atoms with Crippen LogP contribution in [0.25, 0.3) is 0 Å². The molecule has 0 radical (unpaired) electrons. The van der Waals surface area contributed by atoms with Gasteiger partial charge in [0, 0.05) is 0 Å². The first-order chi connectivity index (χ1) is 15.3. The topological polar surface area (TPSA) is 202 Å². The van der Waals surface area contributed by atoms with E-state index in [-0.39, 0.29) is 0 Å². The van der Waals surface area contributed by atoms with Gasteiger partial charge in [-0.05, 0) is 5.56 Å². The third-order valence-electron chi connectivity index (χ3n) is 5.43. The first kappa shape index (κ1) is 24.9. The minimum Gasteiger partial charge on any atom is -0.394 e. The average Bonchev–Trinajstić information content (AvgIpc) is 2.81. The molecule has 32 heavy (non-hydrogen) atoms. The molecule has 0 saturated carbocycles. The van der Waals surface area contributed by atoms with Crippen molar-refractivity contribution in [2.45, 2.75) is 67.5 Å². The molecule has 178 valence electrons. The average molecular weight is 457 g/mol. The van der Waals surface area contributed by atoms with Crippen LogP contribution in [-0.2, 0) is 18.9 Å². The number of ether oxygens (including phenoxy) is 4. The second kappa shape index (κ2) is 10.9. The molecule has 1 aromatic rings. The van der Waals surface area contributed by atoms with Crippen LogP contribution in [0.1, 0.15) is 11.7 Å². The van der Waals surface area contributed by atoms with E-state index in [0.29, 0.717) is 5.56 Å². The predicted octanol–water partition coefficient (Wildman–Crippen LogP) is -3.11. The molecule has 3 rings (SSSR count). The van der Waals surface area contributed by atoms with Crippen molar-refractivity contribution in [2.24, 2.45) is 0 Å². The molecule has 11 atom stereocenters. The van der Waals surface area contributed by atoms with Gasteiger partial charge >= 0.3 is 0 Å². The zero-order chi connectivity index (χ0) is 23.4. The molecular weight excluding hydrogens is 430 g/mol. The summed E-state index contributed by atoms with van der Waals surface area (Å²) in [6.07, 6.45) is -16.5. The Hall–Kier alpha value is -1.73. The van der Waals surface area contributed by atoms with Gasteiger partial charge in [-0.1, -0.05) is 30.3 Å². The SMILES string of the molecule is N#C[C@H](O[C@@H]1O[C@H](CO[C@@H]2O[C@H](CO)[C@H](O)[C@H](O)[C@H]2O)[C@H](O)[C@H](O)[C@H]1O)c1ccccc1. The molecule has 12 nitrogen and oxygen atoms in total. The Labute approximate surface area is 183 Å². The van der Waals surface area contributed by atoms with Gasteiger partial charge in [-0.2, -0.15) is 5.26 Å². The Morgan fingerprint density at radius 3 is 1.97 bits per heavy atom. The monoisotopic (exact) mass is 457 g/mol. The normalized spacial score (nSPS) is 41.1. The number of nitriles is 1. The van der Waals surface area contributed by atoms with Gasteiger partial charge < -0.3 is 54.7 Å². The number of rotatable bonds is 7. The Kier molecular flexibility index (Phi) is 8.50. The summed E-state index contributed by atoms with van der Waals surface area (Å²) in [7, 11) is 0. The summed E-state index contributed by atoms with van der Waals surface area (Å²) in [5, 5.41) is 79.1. The van der Waals surface area contributed by atoms with Gasteiger partial charge in [0.25, 0.3) is 0 Å². The van der Waals surface area contributed by atoms with Crippen LogP contribution in [0.15, 0.2) is 30.3 Å². The van der Waals surface area contributed by atoms with Crippen LogP contribution < -0.4 is 0 Å². The zero-order valence-corrected chi connectivity index (χ0v) is 16.9. The molecule has 0 amide bonds. The molecule has 0 unspecified atom stereocenters. The van der Waals surface area contributed by atoms with Gasteiger partial charge in [0.15, 0.2) is 18.7 Å². The first-order valence-electron chi connectivity index (χ1n) is 10.00. The molecule has 7 N–H and O–H groups in total. The smallest absolute Gasteiger partial charge is 0.188 e. The van der Waals surface area contributed by atoms with Crippen molar-refractivity contribution >= 4 is 0 Å². The van der Waals surface area contributed by atoms with E-state index in [1.165, 1.54) is 0 Å². The van der Waals surface area contributed by atoms with Crippen LogP contribution in [0.3, 0.4) is 0 Å². The molecule has 0 bridgehead atoms. The van der Waals surface area contributed by atoms with Crippen molar-refractivity contribution in [2.75, 3.05) is 13.2 Å². The number of hydrogen-bond donors (Lipinski definition) is 7. The minimum absolute atomic E-state index is 0.487. The molecule has 2 fully saturated rings. The third kappa shape index (κ3) is 5.25. The maximum absolute atomic E-state index is 10.3. The van der Waals surface area contributed by atoms with Gasteiger partial charge in [-0.15, -0.1) is 0 Å². The summed E-state index contributed by atoms with van der Waals surface area (Å²) in [6, 6.07) is 10.3. The van der Waals surface area contributed by atoms with Crippen molar-refractivity contribution < 1.29 is 54.7 Å². The Balaban J connectivity index is 1.65. The Morgan fingerprint density at radius 1 is 0.812 bits per heavy atom. The molecular formula is C20H27NO11. The number of hydrogen-bond acceptors (Lipinski definition) is 12. The fourth-order valence-corrected chi connectivity index (χ4v) is 3.51. The van der Waals surface area contributed by atoms with Crippen LogP contribution >= 0.6 is 0 Å². The highest BCUT2D eigenvalue weighted by molar-refractivity contribution is 5.22. The van der Waals surface area contributed by atoms with E-state index < -0.39 is 80.7 Å². The maximum Gasteiger partial charge on any atom is 0.188 e. The van der Waals surface area contributed by atoms with E-state index in [2.05, 4.69) is 0 Å². The van der Waals surface area contributed by atoms with Gasteiger partial charge in [-0.3, -0.25) is 0 Å². The second-order valence-electron chi connectivity index (χ2n) is 7.60. The largest absolute Gasteiger partial charge is 0.394 e. The van der Waals surface area contributed by atoms with E-state index in [0.717, 1.165) is 0 Å². The summed E-state index contributed by atoms with van der Waals surface area (Å²) in [6.45, 7) is -1.14. The van der Waals surface area contributed by atoms with Crippen LogP contribution in [0.2, 0.25) is 0 Å². The molecule has 0 aliphatic carbocycles. The molecule has 2 aliphatic rings. The van der Waals surface area contributed by atoms with Crippen LogP contribution in [0, 0.1) is 11.3 Å². The van der Waals surface area contributed by atoms with Gasteiger partial charge in [0.05, 0.1) is 19.3 Å². The van der Waals surface area contributed by atoms with Gasteiger partial charge in [0.2, 0.25) is 0 Å². The predicted molar refractivity (Wildman–Crippen MR) is 102 cm³/mol. The summed E-state index contributed by atoms with van der Waals surface area (Å²) in [5.74, 6) is 0. The molecule has 2 saturated heterocycles. The van der Waals surface area contributed by atoms with E-state index in [1.54, 1.807) is 30.3 Å². The molecule has 0 aromatic heterocycles. The maximum atomic E-state index is 10.3. The fourth-order valence-electron chi connectivity index (χ4n) is 3.51. The van der Waals surface area contributed by atoms with Crippen molar-refractivity contribution in [3.8, 4) is 6.07 Å². The van der Waals surface area contributed by atoms with Crippen LogP contribution in [-0.4, -0.2) is 110 Å². The lowest BCUT2D eigenvalue weighted by atomic mass is 9.98. The fraction of sp³-hybridized carbons (Fsp3) is 0.650. The lowest BCUT2D eigenvalue weighted by Crippen LogP contribution is -2.61. The lowest BCUT2D eigenvalue weighted by molar-refractivity contribution is -0.334. The van der Waals surface area contributed by atoms with Crippen molar-refractivity contribution in [3.05, 3.63) is 35.9 Å². The first-order valence-corrected chi connectivity index (χ1v) is 10.00. The highest BCUT2D eigenvalue weighted by Crippen LogP contribution is 2.28. The highest BCUT2D eigenvalue weighted by atomic mass is 16.7. The molecule has 12 heteroatoms. The minimum atomic E-state index is -1.70. The number of nitrogens with zero attached hydrogens (tertiary/aromatic N) is 1. The molecule has 0 spiro atoms. The molecule has 2 aliphatic heterocycles. The summed E-state index contributed by atoms with van der Waals surface area (Å²) >= 11 is 0. The van der Waals surface area contributed by atoms with Crippen molar-refractivity contribution in [1.29, 1.82) is 5.26 Å². The summed E-state index contributed by atoms with van der Waals surface area (Å²) in [5.41, 5.74) is 0.487. The van der Waals surface area contributed by atoms with E-state index in [4.69, 9.17) is 18.9 Å². The van der Waals surface area contributed by atoms with Crippen LogP contribution in [0.5, 0.6) is 0 Å². The van der Waals surface area contributed by atoms with E-state index >= 15 is 0 Å².